The summed E-state index contributed by atoms with van der Waals surface area (Å²) < 4.78 is 6.02. The Balaban J connectivity index is 1.67. The van der Waals surface area contributed by atoms with Crippen molar-refractivity contribution in [3.8, 4) is 11.8 Å². The van der Waals surface area contributed by atoms with E-state index >= 15 is 0 Å². The van der Waals surface area contributed by atoms with E-state index in [9.17, 15) is 20.2 Å². The van der Waals surface area contributed by atoms with Crippen LogP contribution in [0.1, 0.15) is 11.1 Å². The zero-order chi connectivity index (χ0) is 24.8. The Bertz CT molecular complexity index is 1490. The highest BCUT2D eigenvalue weighted by Crippen LogP contribution is 2.31. The van der Waals surface area contributed by atoms with Crippen LogP contribution in [0.15, 0.2) is 90.5 Å². The number of benzene rings is 4. The molecule has 8 heteroatoms. The number of hydrogen-bond acceptors (Lipinski definition) is 5. The van der Waals surface area contributed by atoms with Crippen LogP contribution in [0.3, 0.4) is 0 Å². The molecule has 0 aromatic heterocycles. The van der Waals surface area contributed by atoms with Crippen LogP contribution in [0.25, 0.3) is 16.8 Å². The molecule has 0 unspecified atom stereocenters. The number of halogens is 1. The normalized spacial score (nSPS) is 11.0. The maximum Gasteiger partial charge on any atom is 0.269 e. The van der Waals surface area contributed by atoms with Crippen molar-refractivity contribution in [3.63, 3.8) is 0 Å². The van der Waals surface area contributed by atoms with E-state index in [1.807, 2.05) is 36.4 Å². The van der Waals surface area contributed by atoms with Crippen molar-refractivity contribution in [3.05, 3.63) is 117 Å². The van der Waals surface area contributed by atoms with Crippen molar-refractivity contribution in [2.24, 2.45) is 0 Å². The van der Waals surface area contributed by atoms with Crippen molar-refractivity contribution in [1.29, 1.82) is 5.26 Å². The molecular weight excluding hydrogens is 466 g/mol. The molecule has 4 aromatic rings. The predicted octanol–water partition coefficient (Wildman–Crippen LogP) is 6.53. The summed E-state index contributed by atoms with van der Waals surface area (Å²) in [6.07, 6.45) is 1.49. The molecule has 35 heavy (non-hydrogen) atoms. The quantitative estimate of drug-likeness (QED) is 0.139. The second-order valence-corrected chi connectivity index (χ2v) is 7.98. The van der Waals surface area contributed by atoms with Crippen LogP contribution < -0.4 is 10.1 Å². The number of carbonyl (C=O) groups is 1. The lowest BCUT2D eigenvalue weighted by Crippen LogP contribution is -2.13. The number of nitro groups is 1. The number of amides is 1. The van der Waals surface area contributed by atoms with E-state index in [2.05, 4.69) is 5.32 Å². The minimum absolute atomic E-state index is 0.00699. The van der Waals surface area contributed by atoms with Gasteiger partial charge >= 0.3 is 0 Å². The van der Waals surface area contributed by atoms with Crippen LogP contribution in [0.4, 0.5) is 11.4 Å². The van der Waals surface area contributed by atoms with E-state index in [0.717, 1.165) is 16.3 Å². The van der Waals surface area contributed by atoms with Gasteiger partial charge in [-0.3, -0.25) is 14.9 Å². The average molecular weight is 484 g/mol. The highest BCUT2D eigenvalue weighted by molar-refractivity contribution is 6.31. The zero-order valence-electron chi connectivity index (χ0n) is 18.3. The summed E-state index contributed by atoms with van der Waals surface area (Å²) in [5.74, 6) is -0.116. The molecule has 0 bridgehead atoms. The van der Waals surface area contributed by atoms with Gasteiger partial charge in [0.25, 0.3) is 11.6 Å². The first kappa shape index (κ1) is 23.5. The molecule has 7 nitrogen and oxygen atoms in total. The van der Waals surface area contributed by atoms with Gasteiger partial charge < -0.3 is 10.1 Å². The molecule has 1 N–H and O–H groups in total. The van der Waals surface area contributed by atoms with Crippen LogP contribution in [0.2, 0.25) is 5.02 Å². The smallest absolute Gasteiger partial charge is 0.269 e. The molecule has 1 amide bonds. The summed E-state index contributed by atoms with van der Waals surface area (Å²) in [5, 5.41) is 25.5. The van der Waals surface area contributed by atoms with E-state index in [1.54, 1.807) is 42.5 Å². The molecule has 4 aromatic carbocycles. The van der Waals surface area contributed by atoms with Crippen molar-refractivity contribution in [2.45, 2.75) is 6.61 Å². The average Bonchev–Trinajstić information content (AvgIpc) is 2.86. The molecule has 0 atom stereocenters. The molecule has 0 fully saturated rings. The summed E-state index contributed by atoms with van der Waals surface area (Å²) in [4.78, 5) is 23.2. The van der Waals surface area contributed by atoms with Gasteiger partial charge in [0, 0.05) is 28.4 Å². The van der Waals surface area contributed by atoms with Gasteiger partial charge in [-0.25, -0.2) is 0 Å². The molecule has 0 aliphatic carbocycles. The lowest BCUT2D eigenvalue weighted by atomic mass is 10.0. The zero-order valence-corrected chi connectivity index (χ0v) is 19.0. The molecule has 0 spiro atoms. The lowest BCUT2D eigenvalue weighted by molar-refractivity contribution is -0.384. The molecule has 0 saturated heterocycles. The van der Waals surface area contributed by atoms with Gasteiger partial charge in [0.1, 0.15) is 24.0 Å². The fraction of sp³-hybridized carbons (Fsp3) is 0.0370. The minimum atomic E-state index is -0.580. The number of fused-ring (bicyclic) bond motifs is 1. The maximum atomic E-state index is 12.8. The maximum absolute atomic E-state index is 12.8. The standard InChI is InChI=1S/C27H18ClN3O4/c28-21-5-3-6-22(15-21)30-27(32)20(16-29)14-25-24-7-2-1-4-19(24)10-13-26(25)35-17-18-8-11-23(12-9-18)31(33)34/h1-15H,17H2,(H,30,32)/b20-14+. The number of rotatable bonds is 7. The third kappa shape index (κ3) is 5.64. The second kappa shape index (κ2) is 10.5. The van der Waals surface area contributed by atoms with Crippen molar-refractivity contribution < 1.29 is 14.5 Å². The first-order chi connectivity index (χ1) is 16.9. The number of carbonyl (C=O) groups excluding carboxylic acids is 1. The van der Waals surface area contributed by atoms with Gasteiger partial charge in [-0.15, -0.1) is 0 Å². The number of non-ortho nitro benzene ring substituents is 1. The number of nitrogens with one attached hydrogen (secondary N) is 1. The number of anilines is 1. The van der Waals surface area contributed by atoms with Gasteiger partial charge in [0.05, 0.1) is 4.92 Å². The second-order valence-electron chi connectivity index (χ2n) is 7.55. The molecule has 0 radical (unpaired) electrons. The Morgan fingerprint density at radius 3 is 2.54 bits per heavy atom. The first-order valence-corrected chi connectivity index (χ1v) is 10.9. The van der Waals surface area contributed by atoms with E-state index < -0.39 is 10.8 Å². The van der Waals surface area contributed by atoms with Crippen LogP contribution >= 0.6 is 11.6 Å². The van der Waals surface area contributed by atoms with Crippen LogP contribution in [0.5, 0.6) is 5.75 Å². The van der Waals surface area contributed by atoms with Gasteiger partial charge in [0.2, 0.25) is 0 Å². The van der Waals surface area contributed by atoms with E-state index in [1.165, 1.54) is 18.2 Å². The number of nitriles is 1. The van der Waals surface area contributed by atoms with Gasteiger partial charge in [-0.2, -0.15) is 5.26 Å². The summed E-state index contributed by atoms with van der Waals surface area (Å²) in [6.45, 7) is 0.147. The first-order valence-electron chi connectivity index (χ1n) is 10.5. The number of ether oxygens (including phenoxy) is 1. The molecule has 0 saturated carbocycles. The molecule has 0 aliphatic rings. The van der Waals surface area contributed by atoms with Crippen LogP contribution in [-0.4, -0.2) is 10.8 Å². The largest absolute Gasteiger partial charge is 0.488 e. The van der Waals surface area contributed by atoms with Crippen LogP contribution in [0, 0.1) is 21.4 Å². The Morgan fingerprint density at radius 1 is 1.06 bits per heavy atom. The van der Waals surface area contributed by atoms with Crippen molar-refractivity contribution in [2.75, 3.05) is 5.32 Å². The molecular formula is C27H18ClN3O4. The number of hydrogen-bond donors (Lipinski definition) is 1. The topological polar surface area (TPSA) is 105 Å². The number of nitro benzene ring substituents is 1. The van der Waals surface area contributed by atoms with E-state index in [-0.39, 0.29) is 17.9 Å². The minimum Gasteiger partial charge on any atom is -0.488 e. The van der Waals surface area contributed by atoms with Gasteiger partial charge in [-0.05, 0) is 58.8 Å². The molecule has 4 rings (SSSR count). The molecule has 0 aliphatic heterocycles. The summed E-state index contributed by atoms with van der Waals surface area (Å²) in [6, 6.07) is 25.9. The van der Waals surface area contributed by atoms with Crippen molar-refractivity contribution >= 4 is 45.7 Å². The summed E-state index contributed by atoms with van der Waals surface area (Å²) in [7, 11) is 0. The predicted molar refractivity (Wildman–Crippen MR) is 135 cm³/mol. The van der Waals surface area contributed by atoms with Gasteiger partial charge in [0.15, 0.2) is 0 Å². The van der Waals surface area contributed by atoms with E-state index in [4.69, 9.17) is 16.3 Å². The van der Waals surface area contributed by atoms with Crippen molar-refractivity contribution in [1.82, 2.24) is 0 Å². The highest BCUT2D eigenvalue weighted by atomic mass is 35.5. The van der Waals surface area contributed by atoms with Crippen LogP contribution in [-0.2, 0) is 11.4 Å². The third-order valence-electron chi connectivity index (χ3n) is 5.21. The fourth-order valence-electron chi connectivity index (χ4n) is 3.48. The highest BCUT2D eigenvalue weighted by Gasteiger charge is 2.14. The fourth-order valence-corrected chi connectivity index (χ4v) is 3.67. The summed E-state index contributed by atoms with van der Waals surface area (Å²) in [5.41, 5.74) is 1.66. The SMILES string of the molecule is N#C/C(=C\c1c(OCc2ccc([N+](=O)[O-])cc2)ccc2ccccc12)C(=O)Nc1cccc(Cl)c1. The molecule has 172 valence electrons. The Hall–Kier alpha value is -4.67. The lowest BCUT2D eigenvalue weighted by Gasteiger charge is -2.13. The monoisotopic (exact) mass is 483 g/mol. The van der Waals surface area contributed by atoms with E-state index in [0.29, 0.717) is 22.0 Å². The Kier molecular flexibility index (Phi) is 7.05. The third-order valence-corrected chi connectivity index (χ3v) is 5.44. The Labute approximate surface area is 206 Å². The molecule has 0 heterocycles. The summed E-state index contributed by atoms with van der Waals surface area (Å²) >= 11 is 5.99. The van der Waals surface area contributed by atoms with Gasteiger partial charge in [-0.1, -0.05) is 48.0 Å². The Morgan fingerprint density at radius 2 is 1.83 bits per heavy atom. The number of nitrogens with zero attached hydrogens (tertiary/aromatic N) is 2.